The third kappa shape index (κ3) is 7.33. The van der Waals surface area contributed by atoms with Gasteiger partial charge in [-0.3, -0.25) is 4.79 Å². The fourth-order valence-electron chi connectivity index (χ4n) is 2.52. The van der Waals surface area contributed by atoms with E-state index in [4.69, 9.17) is 19.1 Å². The van der Waals surface area contributed by atoms with E-state index in [0.29, 0.717) is 5.19 Å². The molecular weight excluding hydrogens is 467 g/mol. The van der Waals surface area contributed by atoms with E-state index in [9.17, 15) is 26.4 Å². The number of nitrogens with zero attached hydrogens (tertiary/aromatic N) is 1. The Hall–Kier alpha value is -2.44. The maximum Gasteiger partial charge on any atom is 0.534 e. The summed E-state index contributed by atoms with van der Waals surface area (Å²) in [6.45, 7) is 3.58. The van der Waals surface area contributed by atoms with Crippen molar-refractivity contribution in [3.8, 4) is 5.19 Å². The number of rotatable bonds is 8. The maximum atomic E-state index is 12.5. The molecule has 174 valence electrons. The molecule has 9 nitrogen and oxygen atoms in total. The number of carbonyl (C=O) groups is 1. The Morgan fingerprint density at radius 2 is 1.97 bits per heavy atom. The average Bonchev–Trinajstić information content (AvgIpc) is 3.15. The van der Waals surface area contributed by atoms with Crippen LogP contribution >= 0.6 is 11.3 Å². The molecule has 0 bridgehead atoms. The molecule has 0 aliphatic heterocycles. The van der Waals surface area contributed by atoms with E-state index < -0.39 is 27.0 Å². The van der Waals surface area contributed by atoms with Crippen LogP contribution in [-0.2, 0) is 39.8 Å². The second-order valence-electron chi connectivity index (χ2n) is 6.19. The summed E-state index contributed by atoms with van der Waals surface area (Å²) in [5.74, 6) is -0.934. The number of ether oxygens (including phenoxy) is 2. The van der Waals surface area contributed by atoms with Gasteiger partial charge in [0.1, 0.15) is 17.8 Å². The molecule has 2 rings (SSSR count). The first kappa shape index (κ1) is 26.6. The Morgan fingerprint density at radius 1 is 1.32 bits per heavy atom. The van der Waals surface area contributed by atoms with Crippen molar-refractivity contribution in [2.45, 2.75) is 45.0 Å². The van der Waals surface area contributed by atoms with Gasteiger partial charge in [-0.05, 0) is 32.3 Å². The molecule has 0 N–H and O–H groups in total. The molecule has 31 heavy (non-hydrogen) atoms. The van der Waals surface area contributed by atoms with Crippen LogP contribution < -0.4 is 4.74 Å². The van der Waals surface area contributed by atoms with Gasteiger partial charge in [0, 0.05) is 11.8 Å². The lowest BCUT2D eigenvalue weighted by Gasteiger charge is -2.33. The van der Waals surface area contributed by atoms with Crippen LogP contribution in [0.25, 0.3) is 0 Å². The van der Waals surface area contributed by atoms with Crippen molar-refractivity contribution in [3.63, 3.8) is 0 Å². The van der Waals surface area contributed by atoms with Crippen LogP contribution in [0.4, 0.5) is 13.2 Å². The molecule has 14 heteroatoms. The summed E-state index contributed by atoms with van der Waals surface area (Å²) in [5.41, 5.74) is -5.85. The van der Waals surface area contributed by atoms with Crippen molar-refractivity contribution >= 4 is 33.6 Å². The minimum Gasteiger partial charge on any atom is -0.469 e. The maximum absolute atomic E-state index is 12.5. The van der Waals surface area contributed by atoms with Gasteiger partial charge in [0.05, 0.1) is 12.3 Å². The smallest absolute Gasteiger partial charge is 0.469 e. The van der Waals surface area contributed by atoms with E-state index >= 15 is 0 Å². The average molecular weight is 487 g/mol. The molecule has 1 unspecified atom stereocenters. The number of esters is 1. The number of halogens is 3. The third-order valence-electron chi connectivity index (χ3n) is 4.14. The normalized spacial score (nSPS) is 18.7. The zero-order chi connectivity index (χ0) is 23.7. The third-order valence-corrected chi connectivity index (χ3v) is 5.95. The number of aryl methyl sites for hydroxylation is 1. The lowest BCUT2D eigenvalue weighted by Crippen LogP contribution is -2.40. The first-order valence-corrected chi connectivity index (χ1v) is 11.2. The first-order chi connectivity index (χ1) is 14.4. The molecule has 0 fully saturated rings. The van der Waals surface area contributed by atoms with Crippen molar-refractivity contribution in [2.75, 3.05) is 13.2 Å². The van der Waals surface area contributed by atoms with Gasteiger partial charge >= 0.3 is 27.7 Å². The molecule has 0 aromatic carbocycles. The highest BCUT2D eigenvalue weighted by Crippen LogP contribution is 2.39. The van der Waals surface area contributed by atoms with Crippen LogP contribution in [-0.4, -0.2) is 44.2 Å². The van der Waals surface area contributed by atoms with Crippen molar-refractivity contribution in [1.82, 2.24) is 4.98 Å². The molecule has 0 radical (unpaired) electrons. The highest BCUT2D eigenvalue weighted by Gasteiger charge is 2.50. The molecule has 1 heterocycles. The summed E-state index contributed by atoms with van der Waals surface area (Å²) in [6, 6.07) is 0. The molecular formula is C17H20F3NO8S2. The predicted molar refractivity (Wildman–Crippen MR) is 99.1 cm³/mol. The minimum absolute atomic E-state index is 0.0110. The zero-order valence-electron chi connectivity index (χ0n) is 16.6. The lowest BCUT2D eigenvalue weighted by molar-refractivity contribution is -0.191. The van der Waals surface area contributed by atoms with E-state index in [1.54, 1.807) is 6.92 Å². The van der Waals surface area contributed by atoms with Crippen molar-refractivity contribution in [3.05, 3.63) is 22.9 Å². The van der Waals surface area contributed by atoms with Crippen LogP contribution in [0.3, 0.4) is 0 Å². The number of thiazole rings is 1. The molecule has 0 saturated heterocycles. The van der Waals surface area contributed by atoms with Crippen LogP contribution in [0.5, 0.6) is 5.19 Å². The summed E-state index contributed by atoms with van der Waals surface area (Å²) in [5, 5.41) is 2.19. The SMILES string of the molecule is CCOC(=O)C1(COc2nc(CC)cs2)CC=C(OS(=O)(=O)C(F)(F)F)CC1.O=C=O. The van der Waals surface area contributed by atoms with Gasteiger partial charge in [0.25, 0.3) is 5.19 Å². The Labute approximate surface area is 180 Å². The van der Waals surface area contributed by atoms with Crippen LogP contribution in [0.15, 0.2) is 17.2 Å². The van der Waals surface area contributed by atoms with Crippen LogP contribution in [0, 0.1) is 5.41 Å². The monoisotopic (exact) mass is 487 g/mol. The number of aromatic nitrogens is 1. The number of carbonyl (C=O) groups excluding carboxylic acids is 3. The number of hydrogen-bond acceptors (Lipinski definition) is 10. The van der Waals surface area contributed by atoms with E-state index in [2.05, 4.69) is 9.17 Å². The second kappa shape index (κ2) is 11.3. The van der Waals surface area contributed by atoms with E-state index in [1.807, 2.05) is 12.3 Å². The predicted octanol–water partition coefficient (Wildman–Crippen LogP) is 2.98. The quantitative estimate of drug-likeness (QED) is 0.309. The molecule has 0 spiro atoms. The Bertz CT molecular complexity index is 920. The number of alkyl halides is 3. The standard InChI is InChI=1S/C16H20F3NO6S2.CO2/c1-3-11-9-27-14(20-11)25-10-15(13(21)24-4-2)7-5-12(6-8-15)26-28(22,23)16(17,18)19;2-1-3/h5,9H,3-4,6-8,10H2,1-2H3;. The first-order valence-electron chi connectivity index (χ1n) is 8.88. The summed E-state index contributed by atoms with van der Waals surface area (Å²) >= 11 is 1.27. The van der Waals surface area contributed by atoms with Crippen molar-refractivity contribution < 1.29 is 49.6 Å². The van der Waals surface area contributed by atoms with Gasteiger partial charge in [-0.2, -0.15) is 31.2 Å². The molecule has 0 saturated carbocycles. The molecule has 1 aliphatic rings. The summed E-state index contributed by atoms with van der Waals surface area (Å²) in [7, 11) is -5.74. The van der Waals surface area contributed by atoms with Crippen molar-refractivity contribution in [2.24, 2.45) is 5.41 Å². The lowest BCUT2D eigenvalue weighted by atomic mass is 9.77. The van der Waals surface area contributed by atoms with E-state index in [1.165, 1.54) is 11.3 Å². The topological polar surface area (TPSA) is 126 Å². The second-order valence-corrected chi connectivity index (χ2v) is 8.55. The number of allylic oxidation sites excluding steroid dienone is 2. The molecule has 1 atom stereocenters. The summed E-state index contributed by atoms with van der Waals surface area (Å²) < 4.78 is 74.6. The van der Waals surface area contributed by atoms with Gasteiger partial charge in [0.2, 0.25) is 0 Å². The minimum atomic E-state index is -5.74. The highest BCUT2D eigenvalue weighted by molar-refractivity contribution is 7.87. The molecule has 1 aromatic heterocycles. The molecule has 1 aliphatic carbocycles. The van der Waals surface area contributed by atoms with Gasteiger partial charge in [-0.15, -0.1) is 0 Å². The fraction of sp³-hybridized carbons (Fsp3) is 0.588. The highest BCUT2D eigenvalue weighted by atomic mass is 32.2. The van der Waals surface area contributed by atoms with Crippen LogP contribution in [0.2, 0.25) is 0 Å². The molecule has 0 amide bonds. The van der Waals surface area contributed by atoms with Gasteiger partial charge in [-0.1, -0.05) is 18.3 Å². The van der Waals surface area contributed by atoms with Gasteiger partial charge in [-0.25, -0.2) is 4.98 Å². The van der Waals surface area contributed by atoms with Gasteiger partial charge in [0.15, 0.2) is 0 Å². The zero-order valence-corrected chi connectivity index (χ0v) is 18.2. The van der Waals surface area contributed by atoms with Crippen molar-refractivity contribution in [1.29, 1.82) is 0 Å². The Kier molecular flexibility index (Phi) is 9.66. The fourth-order valence-corrected chi connectivity index (χ4v) is 3.80. The number of hydrogen-bond donors (Lipinski definition) is 0. The Balaban J connectivity index is 0.00000151. The summed E-state index contributed by atoms with van der Waals surface area (Å²) in [4.78, 5) is 33.0. The summed E-state index contributed by atoms with van der Waals surface area (Å²) in [6.07, 6.45) is 1.87. The van der Waals surface area contributed by atoms with Gasteiger partial charge < -0.3 is 13.7 Å². The van der Waals surface area contributed by atoms with E-state index in [0.717, 1.165) is 18.2 Å². The molecule has 1 aromatic rings. The Morgan fingerprint density at radius 3 is 2.42 bits per heavy atom. The van der Waals surface area contributed by atoms with E-state index in [-0.39, 0.29) is 44.4 Å². The largest absolute Gasteiger partial charge is 0.534 e. The van der Waals surface area contributed by atoms with Crippen LogP contribution in [0.1, 0.15) is 38.8 Å².